The zero-order valence-electron chi connectivity index (χ0n) is 8.50. The van der Waals surface area contributed by atoms with Crippen molar-refractivity contribution in [2.45, 2.75) is 20.0 Å². The van der Waals surface area contributed by atoms with Crippen molar-refractivity contribution in [3.05, 3.63) is 40.5 Å². The lowest BCUT2D eigenvalue weighted by Gasteiger charge is -2.04. The van der Waals surface area contributed by atoms with Crippen molar-refractivity contribution in [2.24, 2.45) is 0 Å². The van der Waals surface area contributed by atoms with E-state index in [1.807, 2.05) is 18.2 Å². The molecule has 1 aromatic carbocycles. The molecule has 0 saturated carbocycles. The average Bonchev–Trinajstić information content (AvgIpc) is 2.27. The molecule has 0 atom stereocenters. The van der Waals surface area contributed by atoms with Crippen LogP contribution < -0.4 is 0 Å². The first-order valence-corrected chi connectivity index (χ1v) is 5.31. The van der Waals surface area contributed by atoms with Gasteiger partial charge in [-0.05, 0) is 24.1 Å². The molecule has 0 aliphatic heterocycles. The molecule has 0 aliphatic carbocycles. The van der Waals surface area contributed by atoms with Crippen molar-refractivity contribution in [2.75, 3.05) is 0 Å². The number of aliphatic hydroxyl groups excluding tert-OH is 1. The maximum atomic E-state index is 9.05. The maximum Gasteiger partial charge on any atom is 0.135 e. The fourth-order valence-electron chi connectivity index (χ4n) is 1.56. The van der Waals surface area contributed by atoms with Gasteiger partial charge in [0.2, 0.25) is 0 Å². The van der Waals surface area contributed by atoms with Gasteiger partial charge in [-0.3, -0.25) is 0 Å². The van der Waals surface area contributed by atoms with Crippen LogP contribution in [-0.2, 0) is 13.0 Å². The second kappa shape index (κ2) is 4.17. The fourth-order valence-corrected chi connectivity index (χ4v) is 1.77. The summed E-state index contributed by atoms with van der Waals surface area (Å²) in [6.45, 7) is 2.03. The van der Waals surface area contributed by atoms with E-state index in [2.05, 4.69) is 18.0 Å². The van der Waals surface area contributed by atoms with Gasteiger partial charge in [-0.1, -0.05) is 30.7 Å². The van der Waals surface area contributed by atoms with E-state index in [0.29, 0.717) is 10.7 Å². The molecule has 15 heavy (non-hydrogen) atoms. The summed E-state index contributed by atoms with van der Waals surface area (Å²) in [5, 5.41) is 10.5. The number of hydrogen-bond donors (Lipinski definition) is 1. The SMILES string of the molecule is CCc1ccc2cc(CO)c(Cl)nc2c1. The van der Waals surface area contributed by atoms with Gasteiger partial charge in [-0.25, -0.2) is 4.98 Å². The molecular formula is C12H12ClNO. The molecule has 0 amide bonds. The third-order valence-electron chi connectivity index (χ3n) is 2.49. The number of benzene rings is 1. The minimum Gasteiger partial charge on any atom is -0.392 e. The Bertz CT molecular complexity index is 496. The molecule has 0 saturated heterocycles. The summed E-state index contributed by atoms with van der Waals surface area (Å²) in [5.74, 6) is 0. The summed E-state index contributed by atoms with van der Waals surface area (Å²) >= 11 is 5.93. The van der Waals surface area contributed by atoms with Crippen LogP contribution in [0.2, 0.25) is 5.15 Å². The smallest absolute Gasteiger partial charge is 0.135 e. The van der Waals surface area contributed by atoms with Crippen molar-refractivity contribution in [1.29, 1.82) is 0 Å². The normalized spacial score (nSPS) is 10.9. The lowest BCUT2D eigenvalue weighted by molar-refractivity contribution is 0.281. The van der Waals surface area contributed by atoms with Crippen molar-refractivity contribution in [3.63, 3.8) is 0 Å². The van der Waals surface area contributed by atoms with Gasteiger partial charge in [0.1, 0.15) is 5.15 Å². The van der Waals surface area contributed by atoms with E-state index in [1.165, 1.54) is 5.56 Å². The van der Waals surface area contributed by atoms with Gasteiger partial charge in [0.15, 0.2) is 0 Å². The predicted octanol–water partition coefficient (Wildman–Crippen LogP) is 2.94. The summed E-state index contributed by atoms with van der Waals surface area (Å²) in [6, 6.07) is 7.99. The highest BCUT2D eigenvalue weighted by Crippen LogP contribution is 2.21. The minimum atomic E-state index is -0.0721. The number of rotatable bonds is 2. The molecule has 0 unspecified atom stereocenters. The lowest BCUT2D eigenvalue weighted by atomic mass is 10.1. The molecule has 1 N–H and O–H groups in total. The van der Waals surface area contributed by atoms with Gasteiger partial charge in [-0.2, -0.15) is 0 Å². The zero-order valence-corrected chi connectivity index (χ0v) is 9.25. The highest BCUT2D eigenvalue weighted by atomic mass is 35.5. The highest BCUT2D eigenvalue weighted by Gasteiger charge is 2.04. The summed E-state index contributed by atoms with van der Waals surface area (Å²) in [6.07, 6.45) is 0.983. The molecule has 78 valence electrons. The third-order valence-corrected chi connectivity index (χ3v) is 2.81. The second-order valence-electron chi connectivity index (χ2n) is 3.48. The Balaban J connectivity index is 2.65. The number of halogens is 1. The van der Waals surface area contributed by atoms with Crippen LogP contribution in [0.3, 0.4) is 0 Å². The van der Waals surface area contributed by atoms with Gasteiger partial charge >= 0.3 is 0 Å². The van der Waals surface area contributed by atoms with Crippen molar-refractivity contribution < 1.29 is 5.11 Å². The largest absolute Gasteiger partial charge is 0.392 e. The second-order valence-corrected chi connectivity index (χ2v) is 3.84. The molecule has 0 radical (unpaired) electrons. The molecule has 2 rings (SSSR count). The molecule has 3 heteroatoms. The zero-order chi connectivity index (χ0) is 10.8. The van der Waals surface area contributed by atoms with E-state index in [0.717, 1.165) is 17.3 Å². The van der Waals surface area contributed by atoms with E-state index in [1.54, 1.807) is 0 Å². The molecule has 0 spiro atoms. The first kappa shape index (κ1) is 10.4. The van der Waals surface area contributed by atoms with Gasteiger partial charge in [-0.15, -0.1) is 0 Å². The Hall–Kier alpha value is -1.12. The first-order valence-electron chi connectivity index (χ1n) is 4.93. The van der Waals surface area contributed by atoms with Crippen LogP contribution in [-0.4, -0.2) is 10.1 Å². The molecule has 1 heterocycles. The summed E-state index contributed by atoms with van der Waals surface area (Å²) in [7, 11) is 0. The van der Waals surface area contributed by atoms with Crippen LogP contribution >= 0.6 is 11.6 Å². The van der Waals surface area contributed by atoms with E-state index in [9.17, 15) is 0 Å². The molecule has 0 aliphatic rings. The van der Waals surface area contributed by atoms with E-state index in [4.69, 9.17) is 16.7 Å². The standard InChI is InChI=1S/C12H12ClNO/c1-2-8-3-4-9-6-10(7-15)12(13)14-11(9)5-8/h3-6,15H,2,7H2,1H3. The fraction of sp³-hybridized carbons (Fsp3) is 0.250. The maximum absolute atomic E-state index is 9.05. The van der Waals surface area contributed by atoms with Crippen LogP contribution in [0.5, 0.6) is 0 Å². The summed E-state index contributed by atoms with van der Waals surface area (Å²) < 4.78 is 0. The Kier molecular flexibility index (Phi) is 2.89. The Labute approximate surface area is 93.5 Å². The summed E-state index contributed by atoms with van der Waals surface area (Å²) in [5.41, 5.74) is 2.80. The number of aromatic nitrogens is 1. The molecule has 2 nitrogen and oxygen atoms in total. The molecule has 0 bridgehead atoms. The van der Waals surface area contributed by atoms with Gasteiger partial charge in [0, 0.05) is 10.9 Å². The van der Waals surface area contributed by atoms with Gasteiger partial charge < -0.3 is 5.11 Å². The quantitative estimate of drug-likeness (QED) is 0.791. The Morgan fingerprint density at radius 3 is 2.80 bits per heavy atom. The number of aryl methyl sites for hydroxylation is 1. The van der Waals surface area contributed by atoms with Crippen LogP contribution in [0.15, 0.2) is 24.3 Å². The van der Waals surface area contributed by atoms with Crippen LogP contribution in [0.1, 0.15) is 18.1 Å². The Morgan fingerprint density at radius 2 is 2.13 bits per heavy atom. The molecule has 0 fully saturated rings. The minimum absolute atomic E-state index is 0.0721. The van der Waals surface area contributed by atoms with Crippen LogP contribution in [0.25, 0.3) is 10.9 Å². The summed E-state index contributed by atoms with van der Waals surface area (Å²) in [4.78, 5) is 4.26. The first-order chi connectivity index (χ1) is 7.24. The van der Waals surface area contributed by atoms with Crippen molar-refractivity contribution in [1.82, 2.24) is 4.98 Å². The average molecular weight is 222 g/mol. The lowest BCUT2D eigenvalue weighted by Crippen LogP contribution is -1.91. The number of aliphatic hydroxyl groups is 1. The molecule has 2 aromatic rings. The van der Waals surface area contributed by atoms with Crippen LogP contribution in [0.4, 0.5) is 0 Å². The third kappa shape index (κ3) is 1.96. The van der Waals surface area contributed by atoms with Crippen molar-refractivity contribution in [3.8, 4) is 0 Å². The van der Waals surface area contributed by atoms with E-state index >= 15 is 0 Å². The van der Waals surface area contributed by atoms with Crippen LogP contribution in [0, 0.1) is 0 Å². The Morgan fingerprint density at radius 1 is 1.33 bits per heavy atom. The monoisotopic (exact) mass is 221 g/mol. The van der Waals surface area contributed by atoms with Gasteiger partial charge in [0.05, 0.1) is 12.1 Å². The van der Waals surface area contributed by atoms with E-state index < -0.39 is 0 Å². The predicted molar refractivity (Wildman–Crippen MR) is 62.1 cm³/mol. The van der Waals surface area contributed by atoms with Crippen molar-refractivity contribution >= 4 is 22.5 Å². The molecule has 1 aromatic heterocycles. The number of fused-ring (bicyclic) bond motifs is 1. The van der Waals surface area contributed by atoms with Gasteiger partial charge in [0.25, 0.3) is 0 Å². The molecular weight excluding hydrogens is 210 g/mol. The topological polar surface area (TPSA) is 33.1 Å². The van der Waals surface area contributed by atoms with E-state index in [-0.39, 0.29) is 6.61 Å². The number of nitrogens with zero attached hydrogens (tertiary/aromatic N) is 1. The number of hydrogen-bond acceptors (Lipinski definition) is 2. The highest BCUT2D eigenvalue weighted by molar-refractivity contribution is 6.30. The number of pyridine rings is 1.